The van der Waals surface area contributed by atoms with Crippen LogP contribution in [0.15, 0.2) is 53.2 Å². The maximum absolute atomic E-state index is 12.6. The molecule has 1 aliphatic heterocycles. The molecule has 0 unspecified atom stereocenters. The fraction of sp³-hybridized carbons (Fsp3) is 0. The number of amides is 2. The van der Waals surface area contributed by atoms with Crippen LogP contribution in [0.25, 0.3) is 0 Å². The Hall–Kier alpha value is -1.72. The van der Waals surface area contributed by atoms with Gasteiger partial charge in [-0.1, -0.05) is 58.5 Å². The Morgan fingerprint density at radius 3 is 2.17 bits per heavy atom. The van der Waals surface area contributed by atoms with Gasteiger partial charge in [-0.25, -0.2) is 4.90 Å². The number of imide groups is 1. The first-order valence-corrected chi connectivity index (χ1v) is 8.16. The molecule has 0 aromatic heterocycles. The Bertz CT molecular complexity index is 895. The average molecular weight is 402 g/mol. The molecule has 0 radical (unpaired) electrons. The van der Waals surface area contributed by atoms with Crippen molar-refractivity contribution in [2.24, 2.45) is 0 Å². The first-order chi connectivity index (χ1) is 11.4. The van der Waals surface area contributed by atoms with Gasteiger partial charge in [0.25, 0.3) is 11.8 Å². The Kier molecular flexibility index (Phi) is 4.74. The second-order valence-corrected chi connectivity index (χ2v) is 6.44. The van der Waals surface area contributed by atoms with E-state index in [0.29, 0.717) is 15.7 Å². The first-order valence-electron chi connectivity index (χ1n) is 6.65. The fourth-order valence-electron chi connectivity index (χ4n) is 2.18. The lowest BCUT2D eigenvalue weighted by atomic mass is 10.3. The molecule has 0 bridgehead atoms. The van der Waals surface area contributed by atoms with Gasteiger partial charge in [0, 0.05) is 5.69 Å². The molecule has 24 heavy (non-hydrogen) atoms. The summed E-state index contributed by atoms with van der Waals surface area (Å²) in [6.07, 6.45) is 0. The van der Waals surface area contributed by atoms with Gasteiger partial charge in [-0.3, -0.25) is 9.59 Å². The van der Waals surface area contributed by atoms with Crippen molar-refractivity contribution < 1.29 is 9.59 Å². The van der Waals surface area contributed by atoms with Gasteiger partial charge in [0.1, 0.15) is 10.7 Å². The van der Waals surface area contributed by atoms with Crippen LogP contribution in [-0.4, -0.2) is 11.8 Å². The minimum Gasteiger partial charge on any atom is -0.350 e. The van der Waals surface area contributed by atoms with E-state index < -0.39 is 11.8 Å². The smallest absolute Gasteiger partial charge is 0.283 e. The van der Waals surface area contributed by atoms with E-state index in [0.717, 1.165) is 4.90 Å². The molecule has 3 rings (SSSR count). The highest BCUT2D eigenvalue weighted by molar-refractivity contribution is 6.53. The summed E-state index contributed by atoms with van der Waals surface area (Å²) in [5.41, 5.74) is 0.679. The predicted octanol–water partition coefficient (Wildman–Crippen LogP) is 5.08. The van der Waals surface area contributed by atoms with Gasteiger partial charge in [0.2, 0.25) is 0 Å². The molecule has 2 aromatic carbocycles. The number of nitrogens with zero attached hydrogens (tertiary/aromatic N) is 1. The van der Waals surface area contributed by atoms with Crippen molar-refractivity contribution in [3.05, 3.63) is 68.3 Å². The Morgan fingerprint density at radius 1 is 0.792 bits per heavy atom. The highest BCUT2D eigenvalue weighted by Crippen LogP contribution is 2.34. The number of rotatable bonds is 3. The summed E-state index contributed by atoms with van der Waals surface area (Å²) in [6.45, 7) is 0. The summed E-state index contributed by atoms with van der Waals surface area (Å²) >= 11 is 23.9. The summed E-state index contributed by atoms with van der Waals surface area (Å²) in [7, 11) is 0. The number of halogens is 4. The van der Waals surface area contributed by atoms with E-state index in [-0.39, 0.29) is 21.4 Å². The second kappa shape index (κ2) is 6.65. The molecule has 1 aliphatic rings. The molecule has 2 amide bonds. The molecule has 4 nitrogen and oxygen atoms in total. The lowest BCUT2D eigenvalue weighted by Crippen LogP contribution is -2.32. The van der Waals surface area contributed by atoms with Crippen LogP contribution in [0.3, 0.4) is 0 Å². The van der Waals surface area contributed by atoms with Crippen molar-refractivity contribution in [1.29, 1.82) is 0 Å². The zero-order valence-corrected chi connectivity index (χ0v) is 14.8. The highest BCUT2D eigenvalue weighted by Gasteiger charge is 2.39. The van der Waals surface area contributed by atoms with Gasteiger partial charge in [0.05, 0.1) is 20.8 Å². The van der Waals surface area contributed by atoms with Crippen molar-refractivity contribution >= 4 is 69.6 Å². The third-order valence-electron chi connectivity index (χ3n) is 3.31. The van der Waals surface area contributed by atoms with Crippen LogP contribution in [0.1, 0.15) is 0 Å². The minimum absolute atomic E-state index is 0.0556. The van der Waals surface area contributed by atoms with Gasteiger partial charge >= 0.3 is 0 Å². The Morgan fingerprint density at radius 2 is 1.50 bits per heavy atom. The Balaban J connectivity index is 1.95. The van der Waals surface area contributed by atoms with Crippen LogP contribution in [0.4, 0.5) is 11.4 Å². The average Bonchev–Trinajstić information content (AvgIpc) is 2.76. The lowest BCUT2D eigenvalue weighted by molar-refractivity contribution is -0.120. The summed E-state index contributed by atoms with van der Waals surface area (Å²) in [6, 6.07) is 11.2. The fourth-order valence-corrected chi connectivity index (χ4v) is 2.91. The second-order valence-electron chi connectivity index (χ2n) is 4.84. The van der Waals surface area contributed by atoms with Gasteiger partial charge in [-0.15, -0.1) is 0 Å². The molecule has 1 heterocycles. The SMILES string of the molecule is O=C1C(Cl)=C(Nc2ccc(Cl)c(Cl)c2)C(=O)N1c1ccccc1Cl. The third kappa shape index (κ3) is 2.98. The molecule has 0 spiro atoms. The zero-order chi connectivity index (χ0) is 17.4. The maximum atomic E-state index is 12.6. The number of carbonyl (C=O) groups is 2. The normalized spacial score (nSPS) is 14.6. The zero-order valence-electron chi connectivity index (χ0n) is 11.8. The van der Waals surface area contributed by atoms with Gasteiger partial charge in [-0.2, -0.15) is 0 Å². The minimum atomic E-state index is -0.655. The van der Waals surface area contributed by atoms with Crippen molar-refractivity contribution in [2.45, 2.75) is 0 Å². The molecule has 8 heteroatoms. The lowest BCUT2D eigenvalue weighted by Gasteiger charge is -2.16. The van der Waals surface area contributed by atoms with Gasteiger partial charge in [0.15, 0.2) is 0 Å². The summed E-state index contributed by atoms with van der Waals surface area (Å²) < 4.78 is 0. The quantitative estimate of drug-likeness (QED) is 0.729. The molecule has 0 fully saturated rings. The maximum Gasteiger partial charge on any atom is 0.283 e. The molecule has 122 valence electrons. The van der Waals surface area contributed by atoms with Crippen LogP contribution in [0.2, 0.25) is 15.1 Å². The number of para-hydroxylation sites is 1. The van der Waals surface area contributed by atoms with E-state index in [1.165, 1.54) is 6.07 Å². The van der Waals surface area contributed by atoms with Crippen LogP contribution in [0.5, 0.6) is 0 Å². The molecular formula is C16H8Cl4N2O2. The standard InChI is InChI=1S/C16H8Cl4N2O2/c17-9-6-5-8(7-11(9)19)21-14-13(20)15(23)22(16(14)24)12-4-2-1-3-10(12)18/h1-7,21H. The van der Waals surface area contributed by atoms with Crippen LogP contribution < -0.4 is 10.2 Å². The van der Waals surface area contributed by atoms with Crippen LogP contribution in [0, 0.1) is 0 Å². The molecular weight excluding hydrogens is 394 g/mol. The van der Waals surface area contributed by atoms with Gasteiger partial charge < -0.3 is 5.32 Å². The highest BCUT2D eigenvalue weighted by atomic mass is 35.5. The number of anilines is 2. The van der Waals surface area contributed by atoms with Crippen molar-refractivity contribution in [3.8, 4) is 0 Å². The van der Waals surface area contributed by atoms with Crippen molar-refractivity contribution in [2.75, 3.05) is 10.2 Å². The molecule has 0 saturated carbocycles. The number of hydrogen-bond acceptors (Lipinski definition) is 3. The molecule has 0 aliphatic carbocycles. The van der Waals surface area contributed by atoms with Crippen LogP contribution >= 0.6 is 46.4 Å². The van der Waals surface area contributed by atoms with E-state index >= 15 is 0 Å². The van der Waals surface area contributed by atoms with E-state index in [1.807, 2.05) is 0 Å². The Labute approximate surface area is 157 Å². The van der Waals surface area contributed by atoms with Gasteiger partial charge in [-0.05, 0) is 30.3 Å². The first kappa shape index (κ1) is 17.1. The molecule has 0 atom stereocenters. The molecule has 0 saturated heterocycles. The molecule has 2 aromatic rings. The summed E-state index contributed by atoms with van der Waals surface area (Å²) in [4.78, 5) is 25.9. The monoisotopic (exact) mass is 400 g/mol. The number of carbonyl (C=O) groups excluding carboxylic acids is 2. The van der Waals surface area contributed by atoms with Crippen molar-refractivity contribution in [3.63, 3.8) is 0 Å². The van der Waals surface area contributed by atoms with E-state index in [9.17, 15) is 9.59 Å². The third-order valence-corrected chi connectivity index (χ3v) is 4.72. The van der Waals surface area contributed by atoms with E-state index in [1.54, 1.807) is 36.4 Å². The van der Waals surface area contributed by atoms with Crippen molar-refractivity contribution in [1.82, 2.24) is 0 Å². The number of hydrogen-bond donors (Lipinski definition) is 1. The largest absolute Gasteiger partial charge is 0.350 e. The van der Waals surface area contributed by atoms with Crippen LogP contribution in [-0.2, 0) is 9.59 Å². The number of benzene rings is 2. The number of nitrogens with one attached hydrogen (secondary N) is 1. The van der Waals surface area contributed by atoms with E-state index in [2.05, 4.69) is 5.32 Å². The molecule has 1 N–H and O–H groups in total. The summed E-state index contributed by atoms with van der Waals surface area (Å²) in [5, 5.41) is 3.51. The van der Waals surface area contributed by atoms with E-state index in [4.69, 9.17) is 46.4 Å². The predicted molar refractivity (Wildman–Crippen MR) is 96.9 cm³/mol. The summed E-state index contributed by atoms with van der Waals surface area (Å²) in [5.74, 6) is -1.26. The topological polar surface area (TPSA) is 49.4 Å².